The predicted octanol–water partition coefficient (Wildman–Crippen LogP) is 3.71. The van der Waals surface area contributed by atoms with E-state index in [1.807, 2.05) is 13.1 Å². The molecule has 1 aromatic heterocycles. The molecular formula is C11H16ClNS. The van der Waals surface area contributed by atoms with E-state index in [2.05, 4.69) is 25.2 Å². The maximum atomic E-state index is 5.95. The Labute approximate surface area is 94.5 Å². The molecule has 3 heteroatoms. The summed E-state index contributed by atoms with van der Waals surface area (Å²) >= 11 is 7.64. The zero-order valence-corrected chi connectivity index (χ0v) is 10.4. The molecule has 0 aromatic carbocycles. The molecule has 1 saturated carbocycles. The van der Waals surface area contributed by atoms with Gasteiger partial charge in [0.25, 0.3) is 0 Å². The molecule has 0 amide bonds. The summed E-state index contributed by atoms with van der Waals surface area (Å²) in [6, 6.07) is 4.62. The van der Waals surface area contributed by atoms with Gasteiger partial charge in [-0.1, -0.05) is 25.4 Å². The number of halogens is 1. The highest BCUT2D eigenvalue weighted by Gasteiger charge is 2.50. The zero-order valence-electron chi connectivity index (χ0n) is 8.80. The minimum absolute atomic E-state index is 0.488. The van der Waals surface area contributed by atoms with Gasteiger partial charge >= 0.3 is 0 Å². The second kappa shape index (κ2) is 3.51. The molecule has 1 aromatic rings. The Kier molecular flexibility index (Phi) is 2.63. The Balaban J connectivity index is 2.15. The molecule has 2 atom stereocenters. The van der Waals surface area contributed by atoms with Crippen LogP contribution in [-0.2, 0) is 0 Å². The van der Waals surface area contributed by atoms with Crippen LogP contribution in [0.2, 0.25) is 4.34 Å². The number of rotatable bonds is 3. The molecule has 1 fully saturated rings. The van der Waals surface area contributed by atoms with E-state index in [0.717, 1.165) is 10.3 Å². The average Bonchev–Trinajstić information content (AvgIpc) is 2.56. The van der Waals surface area contributed by atoms with Gasteiger partial charge in [0, 0.05) is 10.9 Å². The van der Waals surface area contributed by atoms with Crippen molar-refractivity contribution < 1.29 is 0 Å². The first-order chi connectivity index (χ1) is 6.54. The lowest BCUT2D eigenvalue weighted by molar-refractivity contribution is 0.446. The summed E-state index contributed by atoms with van der Waals surface area (Å²) in [5.74, 6) is 0.766. The van der Waals surface area contributed by atoms with Gasteiger partial charge < -0.3 is 5.32 Å². The molecule has 14 heavy (non-hydrogen) atoms. The Morgan fingerprint density at radius 2 is 2.21 bits per heavy atom. The second-order valence-corrected chi connectivity index (χ2v) is 6.45. The Bertz CT molecular complexity index is 332. The normalized spacial score (nSPS) is 26.1. The maximum Gasteiger partial charge on any atom is 0.0931 e. The van der Waals surface area contributed by atoms with E-state index in [-0.39, 0.29) is 0 Å². The van der Waals surface area contributed by atoms with Crippen molar-refractivity contribution in [2.75, 3.05) is 7.05 Å². The van der Waals surface area contributed by atoms with Crippen LogP contribution in [0.4, 0.5) is 0 Å². The highest BCUT2D eigenvalue weighted by molar-refractivity contribution is 7.16. The third-order valence-corrected chi connectivity index (χ3v) is 4.52. The minimum atomic E-state index is 0.488. The molecular weight excluding hydrogens is 214 g/mol. The van der Waals surface area contributed by atoms with Crippen molar-refractivity contribution in [2.45, 2.75) is 26.3 Å². The SMILES string of the molecule is CNC(c1ccc(Cl)s1)C1CC1(C)C. The van der Waals surface area contributed by atoms with Crippen molar-refractivity contribution >= 4 is 22.9 Å². The van der Waals surface area contributed by atoms with Crippen LogP contribution in [0, 0.1) is 11.3 Å². The quantitative estimate of drug-likeness (QED) is 0.834. The molecule has 2 unspecified atom stereocenters. The number of thiophene rings is 1. The summed E-state index contributed by atoms with van der Waals surface area (Å²) < 4.78 is 0.888. The van der Waals surface area contributed by atoms with E-state index in [4.69, 9.17) is 11.6 Å². The summed E-state index contributed by atoms with van der Waals surface area (Å²) in [4.78, 5) is 1.37. The third kappa shape index (κ3) is 1.83. The lowest BCUT2D eigenvalue weighted by Gasteiger charge is -2.16. The topological polar surface area (TPSA) is 12.0 Å². The van der Waals surface area contributed by atoms with Gasteiger partial charge in [-0.15, -0.1) is 11.3 Å². The van der Waals surface area contributed by atoms with Gasteiger partial charge in [-0.05, 0) is 36.9 Å². The van der Waals surface area contributed by atoms with E-state index < -0.39 is 0 Å². The lowest BCUT2D eigenvalue weighted by atomic mass is 10.0. The first-order valence-electron chi connectivity index (χ1n) is 4.97. The van der Waals surface area contributed by atoms with E-state index in [9.17, 15) is 0 Å². The summed E-state index contributed by atoms with van der Waals surface area (Å²) in [6.45, 7) is 4.66. The molecule has 2 rings (SSSR count). The Hall–Kier alpha value is -0.0500. The van der Waals surface area contributed by atoms with E-state index >= 15 is 0 Å². The largest absolute Gasteiger partial charge is 0.312 e. The summed E-state index contributed by atoms with van der Waals surface area (Å²) in [5.41, 5.74) is 0.504. The van der Waals surface area contributed by atoms with Crippen LogP contribution in [0.3, 0.4) is 0 Å². The second-order valence-electron chi connectivity index (χ2n) is 4.71. The highest BCUT2D eigenvalue weighted by atomic mass is 35.5. The van der Waals surface area contributed by atoms with Crippen LogP contribution in [0.1, 0.15) is 31.2 Å². The van der Waals surface area contributed by atoms with Crippen LogP contribution in [0.15, 0.2) is 12.1 Å². The first-order valence-corrected chi connectivity index (χ1v) is 6.16. The Morgan fingerprint density at radius 3 is 2.57 bits per heavy atom. The fourth-order valence-electron chi connectivity index (χ4n) is 2.11. The Morgan fingerprint density at radius 1 is 1.57 bits per heavy atom. The van der Waals surface area contributed by atoms with Gasteiger partial charge in [0.15, 0.2) is 0 Å². The molecule has 0 radical (unpaired) electrons. The average molecular weight is 230 g/mol. The molecule has 1 heterocycles. The standard InChI is InChI=1S/C11H16ClNS/c1-11(2)6-7(11)10(13-3)8-4-5-9(12)14-8/h4-5,7,10,13H,6H2,1-3H3. The molecule has 78 valence electrons. The molecule has 1 aliphatic carbocycles. The molecule has 0 aliphatic heterocycles. The van der Waals surface area contributed by atoms with Gasteiger partial charge in [-0.25, -0.2) is 0 Å². The molecule has 0 bridgehead atoms. The summed E-state index contributed by atoms with van der Waals surface area (Å²) in [6.07, 6.45) is 1.31. The van der Waals surface area contributed by atoms with Gasteiger partial charge in [-0.2, -0.15) is 0 Å². The third-order valence-electron chi connectivity index (χ3n) is 3.20. The summed E-state index contributed by atoms with van der Waals surface area (Å²) in [5, 5.41) is 3.40. The van der Waals surface area contributed by atoms with Gasteiger partial charge in [0.05, 0.1) is 4.34 Å². The van der Waals surface area contributed by atoms with Crippen LogP contribution >= 0.6 is 22.9 Å². The fraction of sp³-hybridized carbons (Fsp3) is 0.636. The van der Waals surface area contributed by atoms with Gasteiger partial charge in [-0.3, -0.25) is 0 Å². The van der Waals surface area contributed by atoms with Gasteiger partial charge in [0.1, 0.15) is 0 Å². The van der Waals surface area contributed by atoms with E-state index in [1.54, 1.807) is 11.3 Å². The summed E-state index contributed by atoms with van der Waals surface area (Å²) in [7, 11) is 2.03. The molecule has 1 nitrogen and oxygen atoms in total. The van der Waals surface area contributed by atoms with Gasteiger partial charge in [0.2, 0.25) is 0 Å². The highest BCUT2D eigenvalue weighted by Crippen LogP contribution is 2.58. The fourth-order valence-corrected chi connectivity index (χ4v) is 3.35. The van der Waals surface area contributed by atoms with Crippen molar-refractivity contribution in [1.82, 2.24) is 5.32 Å². The van der Waals surface area contributed by atoms with Crippen molar-refractivity contribution in [3.8, 4) is 0 Å². The molecule has 0 spiro atoms. The van der Waals surface area contributed by atoms with Crippen LogP contribution < -0.4 is 5.32 Å². The smallest absolute Gasteiger partial charge is 0.0931 e. The first kappa shape index (κ1) is 10.5. The van der Waals surface area contributed by atoms with Crippen molar-refractivity contribution in [3.63, 3.8) is 0 Å². The van der Waals surface area contributed by atoms with Crippen molar-refractivity contribution in [2.24, 2.45) is 11.3 Å². The lowest BCUT2D eigenvalue weighted by Crippen LogP contribution is -2.19. The zero-order chi connectivity index (χ0) is 10.3. The number of hydrogen-bond acceptors (Lipinski definition) is 2. The number of nitrogens with one attached hydrogen (secondary N) is 1. The van der Waals surface area contributed by atoms with Crippen LogP contribution in [-0.4, -0.2) is 7.05 Å². The molecule has 1 aliphatic rings. The van der Waals surface area contributed by atoms with Crippen LogP contribution in [0.25, 0.3) is 0 Å². The van der Waals surface area contributed by atoms with Crippen molar-refractivity contribution in [1.29, 1.82) is 0 Å². The number of hydrogen-bond donors (Lipinski definition) is 1. The van der Waals surface area contributed by atoms with Crippen molar-refractivity contribution in [3.05, 3.63) is 21.3 Å². The minimum Gasteiger partial charge on any atom is -0.312 e. The predicted molar refractivity (Wildman–Crippen MR) is 63.0 cm³/mol. The van der Waals surface area contributed by atoms with Crippen LogP contribution in [0.5, 0.6) is 0 Å². The van der Waals surface area contributed by atoms with E-state index in [1.165, 1.54) is 11.3 Å². The maximum absolute atomic E-state index is 5.95. The van der Waals surface area contributed by atoms with E-state index in [0.29, 0.717) is 11.5 Å². The monoisotopic (exact) mass is 229 g/mol. The molecule has 1 N–H and O–H groups in total. The molecule has 0 saturated heterocycles.